The SMILES string of the molecule is O=C(O)NCCC1CCN(c2cccc(-c3cccc(OCC4CC4)c3)n2)CC1. The van der Waals surface area contributed by atoms with Gasteiger partial charge >= 0.3 is 6.09 Å². The zero-order valence-electron chi connectivity index (χ0n) is 16.7. The maximum atomic E-state index is 10.6. The van der Waals surface area contributed by atoms with Crippen LogP contribution in [0.4, 0.5) is 10.6 Å². The standard InChI is InChI=1S/C23H29N3O3/c27-23(28)24-12-9-17-10-13-26(14-11-17)22-6-2-5-21(25-22)19-3-1-4-20(15-19)29-16-18-7-8-18/h1-6,15,17-18,24H,7-14,16H2,(H,27,28). The Balaban J connectivity index is 1.35. The third-order valence-electron chi connectivity index (χ3n) is 5.81. The molecule has 1 saturated heterocycles. The van der Waals surface area contributed by atoms with Crippen LogP contribution in [-0.4, -0.2) is 42.4 Å². The van der Waals surface area contributed by atoms with E-state index in [1.54, 1.807) is 0 Å². The largest absolute Gasteiger partial charge is 0.493 e. The number of pyridine rings is 1. The summed E-state index contributed by atoms with van der Waals surface area (Å²) in [5, 5.41) is 11.2. The van der Waals surface area contributed by atoms with Crippen LogP contribution in [0, 0.1) is 11.8 Å². The van der Waals surface area contributed by atoms with Gasteiger partial charge in [0.05, 0.1) is 12.3 Å². The lowest BCUT2D eigenvalue weighted by Gasteiger charge is -2.33. The second-order valence-electron chi connectivity index (χ2n) is 8.11. The first-order valence-electron chi connectivity index (χ1n) is 10.6. The van der Waals surface area contributed by atoms with Crippen molar-refractivity contribution in [2.75, 3.05) is 31.1 Å². The highest BCUT2D eigenvalue weighted by atomic mass is 16.5. The van der Waals surface area contributed by atoms with Gasteiger partial charge < -0.3 is 20.1 Å². The molecular weight excluding hydrogens is 366 g/mol. The van der Waals surface area contributed by atoms with Crippen LogP contribution in [0.5, 0.6) is 5.75 Å². The van der Waals surface area contributed by atoms with Crippen LogP contribution in [0.15, 0.2) is 42.5 Å². The highest BCUT2D eigenvalue weighted by molar-refractivity contribution is 5.64. The number of rotatable bonds is 8. The minimum atomic E-state index is -0.939. The van der Waals surface area contributed by atoms with Crippen molar-refractivity contribution in [2.45, 2.75) is 32.1 Å². The van der Waals surface area contributed by atoms with Gasteiger partial charge in [-0.05, 0) is 68.2 Å². The van der Waals surface area contributed by atoms with Crippen LogP contribution < -0.4 is 15.0 Å². The quantitative estimate of drug-likeness (QED) is 0.692. The summed E-state index contributed by atoms with van der Waals surface area (Å²) < 4.78 is 5.92. The number of carbonyl (C=O) groups is 1. The average molecular weight is 396 g/mol. The van der Waals surface area contributed by atoms with E-state index < -0.39 is 6.09 Å². The lowest BCUT2D eigenvalue weighted by atomic mass is 9.93. The predicted molar refractivity (Wildman–Crippen MR) is 113 cm³/mol. The van der Waals surface area contributed by atoms with Crippen LogP contribution in [0.1, 0.15) is 32.1 Å². The van der Waals surface area contributed by atoms with Gasteiger partial charge in [0, 0.05) is 25.2 Å². The summed E-state index contributed by atoms with van der Waals surface area (Å²) in [6.45, 7) is 3.26. The molecule has 154 valence electrons. The van der Waals surface area contributed by atoms with Gasteiger partial charge in [0.1, 0.15) is 11.6 Å². The van der Waals surface area contributed by atoms with Gasteiger partial charge in [0.15, 0.2) is 0 Å². The second-order valence-corrected chi connectivity index (χ2v) is 8.11. The molecule has 0 bridgehead atoms. The number of nitrogens with zero attached hydrogens (tertiary/aromatic N) is 2. The highest BCUT2D eigenvalue weighted by Crippen LogP contribution is 2.31. The Morgan fingerprint density at radius 1 is 1.10 bits per heavy atom. The lowest BCUT2D eigenvalue weighted by Crippen LogP contribution is -2.35. The Morgan fingerprint density at radius 2 is 1.90 bits per heavy atom. The van der Waals surface area contributed by atoms with E-state index >= 15 is 0 Å². The fourth-order valence-corrected chi connectivity index (χ4v) is 3.84. The third-order valence-corrected chi connectivity index (χ3v) is 5.81. The smallest absolute Gasteiger partial charge is 0.404 e. The molecule has 2 fully saturated rings. The van der Waals surface area contributed by atoms with E-state index in [1.165, 1.54) is 12.8 Å². The third kappa shape index (κ3) is 5.62. The summed E-state index contributed by atoms with van der Waals surface area (Å²) in [5.41, 5.74) is 2.04. The molecule has 29 heavy (non-hydrogen) atoms. The van der Waals surface area contributed by atoms with E-state index in [9.17, 15) is 4.79 Å². The van der Waals surface area contributed by atoms with E-state index in [2.05, 4.69) is 34.5 Å². The molecule has 2 heterocycles. The Hall–Kier alpha value is -2.76. The molecule has 1 saturated carbocycles. The monoisotopic (exact) mass is 395 g/mol. The Labute approximate surface area is 171 Å². The molecule has 1 aromatic heterocycles. The van der Waals surface area contributed by atoms with E-state index in [0.29, 0.717) is 12.5 Å². The summed E-state index contributed by atoms with van der Waals surface area (Å²) in [6, 6.07) is 14.4. The molecule has 2 aliphatic rings. The molecule has 6 heteroatoms. The molecule has 0 radical (unpaired) electrons. The molecule has 0 unspecified atom stereocenters. The van der Waals surface area contributed by atoms with Crippen LogP contribution in [0.2, 0.25) is 0 Å². The van der Waals surface area contributed by atoms with Crippen molar-refractivity contribution >= 4 is 11.9 Å². The average Bonchev–Trinajstić information content (AvgIpc) is 3.57. The number of hydrogen-bond donors (Lipinski definition) is 2. The minimum absolute atomic E-state index is 0.535. The number of carboxylic acid groups (broad SMARTS) is 1. The molecule has 1 amide bonds. The Morgan fingerprint density at radius 3 is 2.66 bits per heavy atom. The van der Waals surface area contributed by atoms with Gasteiger partial charge in [-0.1, -0.05) is 18.2 Å². The molecule has 2 N–H and O–H groups in total. The van der Waals surface area contributed by atoms with Crippen molar-refractivity contribution in [3.8, 4) is 17.0 Å². The summed E-state index contributed by atoms with van der Waals surface area (Å²) in [4.78, 5) is 17.8. The molecule has 4 rings (SSSR count). The first-order valence-corrected chi connectivity index (χ1v) is 10.6. The van der Waals surface area contributed by atoms with Crippen molar-refractivity contribution < 1.29 is 14.6 Å². The first kappa shape index (κ1) is 19.6. The topological polar surface area (TPSA) is 74.7 Å². The Bertz CT molecular complexity index is 830. The van der Waals surface area contributed by atoms with Gasteiger partial charge in [-0.3, -0.25) is 0 Å². The zero-order valence-corrected chi connectivity index (χ0v) is 16.7. The molecule has 0 atom stereocenters. The van der Waals surface area contributed by atoms with E-state index in [-0.39, 0.29) is 0 Å². The number of anilines is 1. The van der Waals surface area contributed by atoms with Crippen molar-refractivity contribution in [1.29, 1.82) is 0 Å². The van der Waals surface area contributed by atoms with Gasteiger partial charge in [-0.25, -0.2) is 9.78 Å². The molecule has 2 aromatic rings. The van der Waals surface area contributed by atoms with E-state index in [4.69, 9.17) is 14.8 Å². The van der Waals surface area contributed by atoms with Crippen LogP contribution >= 0.6 is 0 Å². The predicted octanol–water partition coefficient (Wildman–Crippen LogP) is 4.41. The van der Waals surface area contributed by atoms with Crippen LogP contribution in [-0.2, 0) is 0 Å². The maximum Gasteiger partial charge on any atom is 0.404 e. The van der Waals surface area contributed by atoms with Gasteiger partial charge in [0.25, 0.3) is 0 Å². The van der Waals surface area contributed by atoms with Crippen molar-refractivity contribution in [2.24, 2.45) is 11.8 Å². The number of hydrogen-bond acceptors (Lipinski definition) is 4. The van der Waals surface area contributed by atoms with Crippen molar-refractivity contribution in [3.05, 3.63) is 42.5 Å². The van der Waals surface area contributed by atoms with Gasteiger partial charge in [-0.15, -0.1) is 0 Å². The fourth-order valence-electron chi connectivity index (χ4n) is 3.84. The maximum absolute atomic E-state index is 10.6. The van der Waals surface area contributed by atoms with Crippen LogP contribution in [0.25, 0.3) is 11.3 Å². The zero-order chi connectivity index (χ0) is 20.1. The number of piperidine rings is 1. The molecule has 1 aliphatic heterocycles. The van der Waals surface area contributed by atoms with E-state index in [0.717, 1.165) is 67.7 Å². The summed E-state index contributed by atoms with van der Waals surface area (Å²) in [5.74, 6) is 3.23. The number of ether oxygens (including phenoxy) is 1. The molecule has 0 spiro atoms. The molecule has 6 nitrogen and oxygen atoms in total. The van der Waals surface area contributed by atoms with Gasteiger partial charge in [0.2, 0.25) is 0 Å². The number of nitrogens with one attached hydrogen (secondary N) is 1. The number of benzene rings is 1. The first-order chi connectivity index (χ1) is 14.2. The second kappa shape index (κ2) is 9.16. The molecule has 1 aromatic carbocycles. The fraction of sp³-hybridized carbons (Fsp3) is 0.478. The lowest BCUT2D eigenvalue weighted by molar-refractivity contribution is 0.193. The number of aromatic nitrogens is 1. The van der Waals surface area contributed by atoms with Crippen LogP contribution in [0.3, 0.4) is 0 Å². The number of amides is 1. The highest BCUT2D eigenvalue weighted by Gasteiger charge is 2.22. The van der Waals surface area contributed by atoms with Crippen molar-refractivity contribution in [3.63, 3.8) is 0 Å². The van der Waals surface area contributed by atoms with Crippen molar-refractivity contribution in [1.82, 2.24) is 10.3 Å². The molecule has 1 aliphatic carbocycles. The molecular formula is C23H29N3O3. The van der Waals surface area contributed by atoms with E-state index in [1.807, 2.05) is 18.2 Å². The summed E-state index contributed by atoms with van der Waals surface area (Å²) in [7, 11) is 0. The Kier molecular flexibility index (Phi) is 6.17. The summed E-state index contributed by atoms with van der Waals surface area (Å²) in [6.07, 6.45) is 4.67. The normalized spacial score (nSPS) is 17.2. The summed E-state index contributed by atoms with van der Waals surface area (Å²) >= 11 is 0. The van der Waals surface area contributed by atoms with Gasteiger partial charge in [-0.2, -0.15) is 0 Å². The minimum Gasteiger partial charge on any atom is -0.493 e.